The van der Waals surface area contributed by atoms with Crippen LogP contribution in [0.3, 0.4) is 0 Å². The Kier molecular flexibility index (Phi) is 8.81. The number of aliphatic imine (C=N–C) groups is 1. The number of benzene rings is 1. The van der Waals surface area contributed by atoms with Crippen molar-refractivity contribution in [3.05, 3.63) is 52.2 Å². The Bertz CT molecular complexity index is 742. The number of rotatable bonds is 9. The highest BCUT2D eigenvalue weighted by Crippen LogP contribution is 2.14. The Morgan fingerprint density at radius 1 is 1.21 bits per heavy atom. The number of amides is 1. The molecule has 0 radical (unpaired) electrons. The Morgan fingerprint density at radius 3 is 2.57 bits per heavy atom. The standard InChI is InChI=1S/C21H30N4O2S/c1-16(12-19-6-5-11-28-19)13-22-21(24-15-20(26)25(2)3)23-14-17-7-9-18(27-4)10-8-17/h5-11,16H,12-15H2,1-4H3,(H2,22,23,24). The fourth-order valence-electron chi connectivity index (χ4n) is 2.51. The van der Waals surface area contributed by atoms with Crippen LogP contribution in [0.2, 0.25) is 0 Å². The molecule has 152 valence electrons. The van der Waals surface area contributed by atoms with Crippen molar-refractivity contribution in [2.45, 2.75) is 19.9 Å². The van der Waals surface area contributed by atoms with E-state index in [1.807, 2.05) is 24.3 Å². The molecule has 28 heavy (non-hydrogen) atoms. The van der Waals surface area contributed by atoms with Gasteiger partial charge in [0.2, 0.25) is 5.91 Å². The third-order valence-electron chi connectivity index (χ3n) is 4.23. The average Bonchev–Trinajstić information content (AvgIpc) is 3.20. The number of guanidine groups is 1. The normalized spacial score (nSPS) is 12.4. The van der Waals surface area contributed by atoms with Crippen molar-refractivity contribution in [2.75, 3.05) is 34.3 Å². The molecule has 0 aliphatic heterocycles. The number of carbonyl (C=O) groups is 1. The van der Waals surface area contributed by atoms with Gasteiger partial charge in [0.15, 0.2) is 5.96 Å². The Balaban J connectivity index is 1.94. The molecule has 1 amide bonds. The zero-order valence-electron chi connectivity index (χ0n) is 17.1. The second kappa shape index (κ2) is 11.3. The summed E-state index contributed by atoms with van der Waals surface area (Å²) >= 11 is 1.78. The van der Waals surface area contributed by atoms with Crippen LogP contribution in [0.5, 0.6) is 5.75 Å². The summed E-state index contributed by atoms with van der Waals surface area (Å²) in [6.07, 6.45) is 1.02. The predicted octanol–water partition coefficient (Wildman–Crippen LogP) is 2.76. The van der Waals surface area contributed by atoms with E-state index in [0.717, 1.165) is 24.3 Å². The maximum absolute atomic E-state index is 11.9. The molecule has 2 rings (SSSR count). The van der Waals surface area contributed by atoms with Crippen LogP contribution >= 0.6 is 11.3 Å². The zero-order valence-corrected chi connectivity index (χ0v) is 17.9. The maximum atomic E-state index is 11.9. The summed E-state index contributed by atoms with van der Waals surface area (Å²) in [5.74, 6) is 1.93. The third kappa shape index (κ3) is 7.60. The van der Waals surface area contributed by atoms with Gasteiger partial charge in [0, 0.05) is 25.5 Å². The fraction of sp³-hybridized carbons (Fsp3) is 0.429. The van der Waals surface area contributed by atoms with E-state index in [1.54, 1.807) is 37.4 Å². The number of nitrogens with one attached hydrogen (secondary N) is 2. The largest absolute Gasteiger partial charge is 0.497 e. The molecule has 2 aromatic rings. The maximum Gasteiger partial charge on any atom is 0.241 e. The van der Waals surface area contributed by atoms with Gasteiger partial charge in [0.1, 0.15) is 5.75 Å². The molecule has 0 spiro atoms. The van der Waals surface area contributed by atoms with Gasteiger partial charge in [0.05, 0.1) is 20.2 Å². The molecule has 0 saturated heterocycles. The van der Waals surface area contributed by atoms with Gasteiger partial charge in [0.25, 0.3) is 0 Å². The molecule has 1 aromatic carbocycles. The topological polar surface area (TPSA) is 66.0 Å². The van der Waals surface area contributed by atoms with Crippen molar-refractivity contribution in [3.8, 4) is 5.75 Å². The molecule has 1 heterocycles. The summed E-state index contributed by atoms with van der Waals surface area (Å²) in [6.45, 7) is 3.72. The lowest BCUT2D eigenvalue weighted by molar-refractivity contribution is -0.127. The molecule has 1 atom stereocenters. The third-order valence-corrected chi connectivity index (χ3v) is 5.13. The summed E-state index contributed by atoms with van der Waals surface area (Å²) in [6, 6.07) is 12.1. The Labute approximate surface area is 171 Å². The van der Waals surface area contributed by atoms with E-state index < -0.39 is 0 Å². The smallest absolute Gasteiger partial charge is 0.241 e. The first-order valence-corrected chi connectivity index (χ1v) is 10.2. The highest BCUT2D eigenvalue weighted by molar-refractivity contribution is 7.09. The lowest BCUT2D eigenvalue weighted by Gasteiger charge is -2.17. The zero-order chi connectivity index (χ0) is 20.4. The number of hydrogen-bond acceptors (Lipinski definition) is 4. The SMILES string of the molecule is COc1ccc(CN=C(NCC(=O)N(C)C)NCC(C)Cc2cccs2)cc1. The number of nitrogens with zero attached hydrogens (tertiary/aromatic N) is 2. The molecular weight excluding hydrogens is 372 g/mol. The second-order valence-electron chi connectivity index (χ2n) is 6.92. The summed E-state index contributed by atoms with van der Waals surface area (Å²) in [7, 11) is 5.14. The van der Waals surface area contributed by atoms with Gasteiger partial charge >= 0.3 is 0 Å². The minimum atomic E-state index is 0.00517. The van der Waals surface area contributed by atoms with Crippen molar-refractivity contribution in [1.29, 1.82) is 0 Å². The van der Waals surface area contributed by atoms with Crippen molar-refractivity contribution in [2.24, 2.45) is 10.9 Å². The fourth-order valence-corrected chi connectivity index (χ4v) is 3.38. The van der Waals surface area contributed by atoms with Crippen LogP contribution in [-0.4, -0.2) is 51.1 Å². The lowest BCUT2D eigenvalue weighted by Crippen LogP contribution is -2.44. The molecule has 1 aromatic heterocycles. The van der Waals surface area contributed by atoms with Gasteiger partial charge in [-0.1, -0.05) is 25.1 Å². The van der Waals surface area contributed by atoms with Crippen molar-refractivity contribution in [1.82, 2.24) is 15.5 Å². The van der Waals surface area contributed by atoms with E-state index in [9.17, 15) is 4.79 Å². The van der Waals surface area contributed by atoms with Gasteiger partial charge < -0.3 is 20.3 Å². The van der Waals surface area contributed by atoms with Crippen LogP contribution in [-0.2, 0) is 17.8 Å². The molecule has 1 unspecified atom stereocenters. The molecule has 0 aliphatic rings. The van der Waals surface area contributed by atoms with E-state index in [-0.39, 0.29) is 12.5 Å². The van der Waals surface area contributed by atoms with Gasteiger partial charge in [-0.25, -0.2) is 4.99 Å². The Hall–Kier alpha value is -2.54. The molecular formula is C21H30N4O2S. The summed E-state index contributed by atoms with van der Waals surface area (Å²) < 4.78 is 5.19. The number of likely N-dealkylation sites (N-methyl/N-ethyl adjacent to an activating group) is 1. The average molecular weight is 403 g/mol. The number of ether oxygens (including phenoxy) is 1. The van der Waals surface area contributed by atoms with E-state index >= 15 is 0 Å². The molecule has 0 bridgehead atoms. The van der Waals surface area contributed by atoms with Gasteiger partial charge in [-0.15, -0.1) is 11.3 Å². The number of hydrogen-bond donors (Lipinski definition) is 2. The van der Waals surface area contributed by atoms with Gasteiger partial charge in [-0.3, -0.25) is 4.79 Å². The van der Waals surface area contributed by atoms with E-state index in [4.69, 9.17) is 4.74 Å². The summed E-state index contributed by atoms with van der Waals surface area (Å²) in [5, 5.41) is 8.60. The van der Waals surface area contributed by atoms with Crippen LogP contribution in [0.25, 0.3) is 0 Å². The second-order valence-corrected chi connectivity index (χ2v) is 7.96. The van der Waals surface area contributed by atoms with Crippen molar-refractivity contribution >= 4 is 23.2 Å². The van der Waals surface area contributed by atoms with E-state index in [2.05, 4.69) is 40.1 Å². The molecule has 0 aliphatic carbocycles. The quantitative estimate of drug-likeness (QED) is 0.500. The van der Waals surface area contributed by atoms with Crippen LogP contribution < -0.4 is 15.4 Å². The van der Waals surface area contributed by atoms with Crippen LogP contribution in [0, 0.1) is 5.92 Å². The van der Waals surface area contributed by atoms with E-state index in [0.29, 0.717) is 18.4 Å². The minimum Gasteiger partial charge on any atom is -0.497 e. The monoisotopic (exact) mass is 402 g/mol. The predicted molar refractivity (Wildman–Crippen MR) is 116 cm³/mol. The molecule has 0 fully saturated rings. The molecule has 7 heteroatoms. The first-order valence-electron chi connectivity index (χ1n) is 9.35. The number of thiophene rings is 1. The van der Waals surface area contributed by atoms with Crippen molar-refractivity contribution < 1.29 is 9.53 Å². The molecule has 0 saturated carbocycles. The number of methoxy groups -OCH3 is 1. The molecule has 2 N–H and O–H groups in total. The molecule has 6 nitrogen and oxygen atoms in total. The highest BCUT2D eigenvalue weighted by Gasteiger charge is 2.09. The Morgan fingerprint density at radius 2 is 1.96 bits per heavy atom. The minimum absolute atomic E-state index is 0.00517. The summed E-state index contributed by atoms with van der Waals surface area (Å²) in [5.41, 5.74) is 1.08. The van der Waals surface area contributed by atoms with Crippen LogP contribution in [0.15, 0.2) is 46.8 Å². The van der Waals surface area contributed by atoms with Crippen molar-refractivity contribution in [3.63, 3.8) is 0 Å². The number of carbonyl (C=O) groups excluding carboxylic acids is 1. The first kappa shape index (κ1) is 21.8. The van der Waals surface area contributed by atoms with Crippen LogP contribution in [0.1, 0.15) is 17.4 Å². The van der Waals surface area contributed by atoms with Crippen LogP contribution in [0.4, 0.5) is 0 Å². The van der Waals surface area contributed by atoms with Gasteiger partial charge in [-0.05, 0) is 41.5 Å². The highest BCUT2D eigenvalue weighted by atomic mass is 32.1. The first-order chi connectivity index (χ1) is 13.5. The lowest BCUT2D eigenvalue weighted by atomic mass is 10.1. The summed E-state index contributed by atoms with van der Waals surface area (Å²) in [4.78, 5) is 19.5. The van der Waals surface area contributed by atoms with E-state index in [1.165, 1.54) is 4.88 Å². The van der Waals surface area contributed by atoms with Gasteiger partial charge in [-0.2, -0.15) is 0 Å².